The fourth-order valence-corrected chi connectivity index (χ4v) is 1.30. The molecule has 0 aliphatic rings. The number of hydrogen-bond donors (Lipinski definition) is 1. The van der Waals surface area contributed by atoms with Gasteiger partial charge in [-0.1, -0.05) is 0 Å². The highest BCUT2D eigenvalue weighted by Gasteiger charge is 2.22. The number of non-ortho nitro benzene ring substituents is 1. The third-order valence-corrected chi connectivity index (χ3v) is 2.64. The van der Waals surface area contributed by atoms with Gasteiger partial charge in [-0.15, -0.1) is 0 Å². The van der Waals surface area contributed by atoms with E-state index in [4.69, 9.17) is 5.11 Å². The molecule has 0 saturated carbocycles. The average Bonchev–Trinajstić information content (AvgIpc) is 2.36. The molecule has 0 aromatic heterocycles. The lowest BCUT2D eigenvalue weighted by atomic mass is 10.1. The fourth-order valence-electron chi connectivity index (χ4n) is 1.30. The molecular formula is C11H13FN2O4. The van der Waals surface area contributed by atoms with E-state index in [0.29, 0.717) is 0 Å². The molecule has 1 aromatic carbocycles. The summed E-state index contributed by atoms with van der Waals surface area (Å²) in [5.74, 6) is -1.54. The van der Waals surface area contributed by atoms with Gasteiger partial charge in [0.2, 0.25) is 0 Å². The summed E-state index contributed by atoms with van der Waals surface area (Å²) in [5, 5.41) is 19.5. The van der Waals surface area contributed by atoms with Gasteiger partial charge in [0.25, 0.3) is 11.6 Å². The van der Waals surface area contributed by atoms with Crippen LogP contribution < -0.4 is 0 Å². The zero-order chi connectivity index (χ0) is 13.9. The monoisotopic (exact) mass is 256 g/mol. The summed E-state index contributed by atoms with van der Waals surface area (Å²) in [4.78, 5) is 22.9. The molecule has 0 bridgehead atoms. The smallest absolute Gasteiger partial charge is 0.270 e. The molecule has 18 heavy (non-hydrogen) atoms. The maximum absolute atomic E-state index is 13.5. The zero-order valence-corrected chi connectivity index (χ0v) is 9.96. The zero-order valence-electron chi connectivity index (χ0n) is 9.96. The van der Waals surface area contributed by atoms with Crippen molar-refractivity contribution in [3.05, 3.63) is 39.7 Å². The Morgan fingerprint density at radius 2 is 2.22 bits per heavy atom. The molecule has 1 rings (SSSR count). The minimum atomic E-state index is -0.831. The van der Waals surface area contributed by atoms with Crippen molar-refractivity contribution >= 4 is 11.6 Å². The summed E-state index contributed by atoms with van der Waals surface area (Å²) >= 11 is 0. The van der Waals surface area contributed by atoms with Crippen LogP contribution >= 0.6 is 0 Å². The predicted molar refractivity (Wildman–Crippen MR) is 61.7 cm³/mol. The number of nitro benzene ring substituents is 1. The van der Waals surface area contributed by atoms with E-state index in [1.807, 2.05) is 0 Å². The normalized spacial score (nSPS) is 12.0. The Balaban J connectivity index is 3.12. The maximum atomic E-state index is 13.5. The van der Waals surface area contributed by atoms with Crippen LogP contribution in [0.5, 0.6) is 0 Å². The molecule has 1 aromatic rings. The van der Waals surface area contributed by atoms with Crippen LogP contribution in [0.4, 0.5) is 10.1 Å². The average molecular weight is 256 g/mol. The van der Waals surface area contributed by atoms with Gasteiger partial charge in [0.05, 0.1) is 23.1 Å². The molecule has 0 radical (unpaired) electrons. The summed E-state index contributed by atoms with van der Waals surface area (Å²) in [7, 11) is 1.39. The van der Waals surface area contributed by atoms with Crippen LogP contribution in [0, 0.1) is 15.9 Å². The molecule has 6 nitrogen and oxygen atoms in total. The number of hydrogen-bond acceptors (Lipinski definition) is 4. The van der Waals surface area contributed by atoms with Gasteiger partial charge >= 0.3 is 0 Å². The van der Waals surface area contributed by atoms with E-state index in [1.165, 1.54) is 7.05 Å². The standard InChI is InChI=1S/C11H13FN2O4/c1-7(6-15)13(2)11(16)9-5-8(14(17)18)3-4-10(9)12/h3-5,7,15H,6H2,1-2H3. The van der Waals surface area contributed by atoms with E-state index >= 15 is 0 Å². The van der Waals surface area contributed by atoms with Gasteiger partial charge in [-0.3, -0.25) is 14.9 Å². The van der Waals surface area contributed by atoms with Crippen molar-refractivity contribution in [1.29, 1.82) is 0 Å². The van der Waals surface area contributed by atoms with Crippen molar-refractivity contribution in [3.8, 4) is 0 Å². The van der Waals surface area contributed by atoms with E-state index in [0.717, 1.165) is 23.1 Å². The first-order chi connectivity index (χ1) is 8.38. The number of benzene rings is 1. The quantitative estimate of drug-likeness (QED) is 0.647. The van der Waals surface area contributed by atoms with Crippen molar-refractivity contribution in [3.63, 3.8) is 0 Å². The van der Waals surface area contributed by atoms with Crippen LogP contribution in [-0.4, -0.2) is 40.5 Å². The Morgan fingerprint density at radius 1 is 1.61 bits per heavy atom. The SMILES string of the molecule is CC(CO)N(C)C(=O)c1cc([N+](=O)[O-])ccc1F. The Labute approximate surface area is 103 Å². The van der Waals surface area contributed by atoms with Crippen molar-refractivity contribution in [2.45, 2.75) is 13.0 Å². The van der Waals surface area contributed by atoms with Crippen LogP contribution in [0.1, 0.15) is 17.3 Å². The molecule has 0 aliphatic carbocycles. The lowest BCUT2D eigenvalue weighted by Gasteiger charge is -2.23. The lowest BCUT2D eigenvalue weighted by molar-refractivity contribution is -0.384. The number of nitro groups is 1. The molecule has 1 atom stereocenters. The fraction of sp³-hybridized carbons (Fsp3) is 0.364. The molecule has 0 aliphatic heterocycles. The summed E-state index contributed by atoms with van der Waals surface area (Å²) in [6.07, 6.45) is 0. The first-order valence-electron chi connectivity index (χ1n) is 5.20. The molecule has 1 N–H and O–H groups in total. The third-order valence-electron chi connectivity index (χ3n) is 2.64. The number of rotatable bonds is 4. The maximum Gasteiger partial charge on any atom is 0.270 e. The molecule has 0 fully saturated rings. The van der Waals surface area contributed by atoms with Gasteiger partial charge in [0.15, 0.2) is 0 Å². The summed E-state index contributed by atoms with van der Waals surface area (Å²) < 4.78 is 13.5. The number of likely N-dealkylation sites (N-methyl/N-ethyl adjacent to an activating group) is 1. The largest absolute Gasteiger partial charge is 0.394 e. The van der Waals surface area contributed by atoms with Crippen molar-refractivity contribution in [1.82, 2.24) is 4.90 Å². The topological polar surface area (TPSA) is 83.7 Å². The second kappa shape index (κ2) is 5.54. The number of halogens is 1. The van der Waals surface area contributed by atoms with Gasteiger partial charge in [-0.25, -0.2) is 4.39 Å². The first kappa shape index (κ1) is 14.0. The number of aliphatic hydroxyl groups is 1. The van der Waals surface area contributed by atoms with Crippen molar-refractivity contribution in [2.75, 3.05) is 13.7 Å². The predicted octanol–water partition coefficient (Wildman–Crippen LogP) is 1.19. The van der Waals surface area contributed by atoms with E-state index < -0.39 is 22.7 Å². The van der Waals surface area contributed by atoms with Gasteiger partial charge < -0.3 is 10.0 Å². The van der Waals surface area contributed by atoms with Crippen LogP contribution in [0.25, 0.3) is 0 Å². The minimum absolute atomic E-state index is 0.279. The summed E-state index contributed by atoms with van der Waals surface area (Å²) in [5.41, 5.74) is -0.739. The van der Waals surface area contributed by atoms with Crippen molar-refractivity contribution in [2.24, 2.45) is 0 Å². The number of nitrogens with zero attached hydrogens (tertiary/aromatic N) is 2. The molecule has 7 heteroatoms. The Bertz CT molecular complexity index is 478. The van der Waals surface area contributed by atoms with Crippen molar-refractivity contribution < 1.29 is 19.2 Å². The van der Waals surface area contributed by atoms with Gasteiger partial charge in [0, 0.05) is 19.2 Å². The number of carbonyl (C=O) groups excluding carboxylic acids is 1. The Hall–Kier alpha value is -2.02. The summed E-state index contributed by atoms with van der Waals surface area (Å²) in [6.45, 7) is 1.30. The number of carbonyl (C=O) groups is 1. The van der Waals surface area contributed by atoms with Gasteiger partial charge in [0.1, 0.15) is 5.82 Å². The third kappa shape index (κ3) is 2.80. The highest BCUT2D eigenvalue weighted by molar-refractivity contribution is 5.95. The van der Waals surface area contributed by atoms with E-state index in [1.54, 1.807) is 6.92 Å². The number of aliphatic hydroxyl groups excluding tert-OH is 1. The molecule has 0 saturated heterocycles. The Morgan fingerprint density at radius 3 is 2.72 bits per heavy atom. The van der Waals surface area contributed by atoms with Crippen LogP contribution in [0.3, 0.4) is 0 Å². The molecule has 98 valence electrons. The molecule has 0 heterocycles. The minimum Gasteiger partial charge on any atom is -0.394 e. The molecule has 0 spiro atoms. The highest BCUT2D eigenvalue weighted by Crippen LogP contribution is 2.18. The van der Waals surface area contributed by atoms with E-state index in [2.05, 4.69) is 0 Å². The van der Waals surface area contributed by atoms with Crippen LogP contribution in [0.15, 0.2) is 18.2 Å². The molecule has 1 unspecified atom stereocenters. The molecule has 1 amide bonds. The lowest BCUT2D eigenvalue weighted by Crippen LogP contribution is -2.37. The first-order valence-corrected chi connectivity index (χ1v) is 5.20. The highest BCUT2D eigenvalue weighted by atomic mass is 19.1. The summed E-state index contributed by atoms with van der Waals surface area (Å²) in [6, 6.07) is 2.25. The van der Waals surface area contributed by atoms with Crippen LogP contribution in [-0.2, 0) is 0 Å². The van der Waals surface area contributed by atoms with E-state index in [9.17, 15) is 19.3 Å². The molecular weight excluding hydrogens is 243 g/mol. The van der Waals surface area contributed by atoms with E-state index in [-0.39, 0.29) is 17.9 Å². The van der Waals surface area contributed by atoms with Gasteiger partial charge in [-0.05, 0) is 13.0 Å². The van der Waals surface area contributed by atoms with Gasteiger partial charge in [-0.2, -0.15) is 0 Å². The van der Waals surface area contributed by atoms with Crippen LogP contribution in [0.2, 0.25) is 0 Å². The number of amides is 1. The Kier molecular flexibility index (Phi) is 4.33. The second-order valence-electron chi connectivity index (χ2n) is 3.87. The second-order valence-corrected chi connectivity index (χ2v) is 3.87.